The van der Waals surface area contributed by atoms with Crippen molar-refractivity contribution in [1.82, 2.24) is 0 Å². The number of halogens is 1. The molecule has 0 amide bonds. The minimum atomic E-state index is -0.253. The van der Waals surface area contributed by atoms with Crippen LogP contribution in [0, 0.1) is 5.92 Å². The fourth-order valence-electron chi connectivity index (χ4n) is 3.18. The van der Waals surface area contributed by atoms with E-state index in [1.54, 1.807) is 31.9 Å². The highest BCUT2D eigenvalue weighted by Gasteiger charge is 2.36. The van der Waals surface area contributed by atoms with Crippen LogP contribution in [0.25, 0.3) is 0 Å². The van der Waals surface area contributed by atoms with Crippen LogP contribution >= 0.6 is 34.0 Å². The first kappa shape index (κ1) is 23.4. The second-order valence-electron chi connectivity index (χ2n) is 7.46. The van der Waals surface area contributed by atoms with Crippen molar-refractivity contribution < 1.29 is 18.9 Å². The number of benzene rings is 1. The predicted octanol–water partition coefficient (Wildman–Crippen LogP) is 6.01. The van der Waals surface area contributed by atoms with E-state index in [1.165, 1.54) is 0 Å². The van der Waals surface area contributed by atoms with Gasteiger partial charge >= 0.3 is 4.05 Å². The van der Waals surface area contributed by atoms with E-state index in [1.807, 2.05) is 31.2 Å². The minimum absolute atomic E-state index is 0.0380. The topological polar surface area (TPSA) is 44.8 Å². The molecular formula is C21H28BIO4S. The Hall–Kier alpha value is -0.925. The molecule has 1 aromatic rings. The molecule has 0 aromatic heterocycles. The number of rotatable bonds is 9. The Morgan fingerprint density at radius 1 is 1.50 bits per heavy atom. The number of ether oxygens (including phenoxy) is 2. The first-order valence-electron chi connectivity index (χ1n) is 9.22. The van der Waals surface area contributed by atoms with Crippen molar-refractivity contribution in [1.29, 1.82) is 0 Å². The van der Waals surface area contributed by atoms with Gasteiger partial charge in [-0.05, 0) is 45.0 Å². The molecule has 0 N–H and O–H groups in total. The van der Waals surface area contributed by atoms with Gasteiger partial charge in [0.05, 0.1) is 12.9 Å². The lowest BCUT2D eigenvalue weighted by Crippen LogP contribution is -2.34. The highest BCUT2D eigenvalue weighted by Crippen LogP contribution is 2.48. The first-order valence-corrected chi connectivity index (χ1v) is 11.4. The van der Waals surface area contributed by atoms with Crippen LogP contribution in [0.1, 0.15) is 54.8 Å². The number of allylic oxidation sites excluding steroid dienone is 3. The van der Waals surface area contributed by atoms with Gasteiger partial charge in [-0.1, -0.05) is 28.5 Å². The van der Waals surface area contributed by atoms with Crippen molar-refractivity contribution >= 4 is 43.8 Å². The average Bonchev–Trinajstić information content (AvgIpc) is 2.65. The molecule has 7 heteroatoms. The molecule has 0 aliphatic carbocycles. The third-order valence-corrected chi connectivity index (χ3v) is 7.24. The minimum Gasteiger partial charge on any atom is -0.502 e. The molecule has 2 atom stereocenters. The summed E-state index contributed by atoms with van der Waals surface area (Å²) in [5.41, 5.74) is 1.51. The number of carbonyl (C=O) groups excluding carboxylic acids is 1. The summed E-state index contributed by atoms with van der Waals surface area (Å²) < 4.78 is 16.8. The zero-order valence-electron chi connectivity index (χ0n) is 17.2. The normalized spacial score (nSPS) is 19.2. The van der Waals surface area contributed by atoms with Gasteiger partial charge in [0, 0.05) is 42.2 Å². The quantitative estimate of drug-likeness (QED) is 0.133. The van der Waals surface area contributed by atoms with Gasteiger partial charge in [0.1, 0.15) is 11.4 Å². The maximum atomic E-state index is 12.9. The molecule has 2 unspecified atom stereocenters. The van der Waals surface area contributed by atoms with Crippen LogP contribution in [-0.2, 0) is 9.39 Å². The summed E-state index contributed by atoms with van der Waals surface area (Å²) in [5.74, 6) is 1.65. The van der Waals surface area contributed by atoms with E-state index in [-0.39, 0.29) is 26.6 Å². The molecule has 28 heavy (non-hydrogen) atoms. The number of methoxy groups -OCH3 is 1. The summed E-state index contributed by atoms with van der Waals surface area (Å²) in [6.45, 7) is 9.90. The molecule has 0 saturated heterocycles. The third-order valence-electron chi connectivity index (χ3n) is 4.69. The Morgan fingerprint density at radius 2 is 2.21 bits per heavy atom. The van der Waals surface area contributed by atoms with Crippen LogP contribution in [0.2, 0.25) is 0 Å². The summed E-state index contributed by atoms with van der Waals surface area (Å²) in [6.07, 6.45) is 4.92. The van der Waals surface area contributed by atoms with Crippen LogP contribution in [0.5, 0.6) is 5.75 Å². The molecule has 0 spiro atoms. The highest BCUT2D eigenvalue weighted by molar-refractivity contribution is 14.1. The van der Waals surface area contributed by atoms with Crippen LogP contribution in [-0.4, -0.2) is 29.7 Å². The number of hydrogen-bond acceptors (Lipinski definition) is 5. The summed E-state index contributed by atoms with van der Waals surface area (Å²) in [4.78, 5) is 12.9. The number of ketones is 1. The average molecular weight is 514 g/mol. The van der Waals surface area contributed by atoms with Crippen molar-refractivity contribution in [2.24, 2.45) is 5.92 Å². The van der Waals surface area contributed by atoms with Gasteiger partial charge in [-0.15, -0.1) is 6.58 Å². The third kappa shape index (κ3) is 6.29. The molecule has 0 fully saturated rings. The van der Waals surface area contributed by atoms with E-state index in [2.05, 4.69) is 42.8 Å². The lowest BCUT2D eigenvalue weighted by molar-refractivity contribution is 0.0834. The largest absolute Gasteiger partial charge is 0.502 e. The van der Waals surface area contributed by atoms with Crippen molar-refractivity contribution in [2.75, 3.05) is 14.2 Å². The Morgan fingerprint density at radius 3 is 2.82 bits per heavy atom. The van der Waals surface area contributed by atoms with E-state index in [9.17, 15) is 4.79 Å². The van der Waals surface area contributed by atoms with Gasteiger partial charge in [0.2, 0.25) is 0 Å². The van der Waals surface area contributed by atoms with Gasteiger partial charge < -0.3 is 14.1 Å². The molecule has 1 aromatic carbocycles. The number of carbonyl (C=O) groups is 1. The maximum Gasteiger partial charge on any atom is 0.435 e. The fourth-order valence-corrected chi connectivity index (χ4v) is 5.44. The van der Waals surface area contributed by atoms with E-state index >= 15 is 0 Å². The summed E-state index contributed by atoms with van der Waals surface area (Å²) in [7, 11) is 3.33. The Bertz CT molecular complexity index is 750. The van der Waals surface area contributed by atoms with Crippen LogP contribution in [0.3, 0.4) is 0 Å². The Balaban J connectivity index is 2.28. The fraction of sp³-hybridized carbons (Fsp3) is 0.476. The molecule has 1 heterocycles. The van der Waals surface area contributed by atoms with Crippen molar-refractivity contribution in [3.8, 4) is 5.75 Å². The van der Waals surface area contributed by atoms with Gasteiger partial charge in [-0.3, -0.25) is 4.79 Å². The standard InChI is InChI=1S/C21H28BIO4S/c1-7-15(10-14(2)25-5)11-18(24)16-8-9-19-17(12-16)20(28-22(23)26-6)13-21(3,4)27-19/h7-10,12,15,20H,1,11,13H2,2-6H3/b14-10+. The molecule has 1 aliphatic heterocycles. The zero-order chi connectivity index (χ0) is 20.9. The van der Waals surface area contributed by atoms with E-state index in [4.69, 9.17) is 14.1 Å². The lowest BCUT2D eigenvalue weighted by atomic mass is 9.91. The molecule has 152 valence electrons. The molecule has 4 nitrogen and oxygen atoms in total. The van der Waals surface area contributed by atoms with Crippen LogP contribution in [0.15, 0.2) is 42.7 Å². The lowest BCUT2D eigenvalue weighted by Gasteiger charge is -2.38. The molecule has 0 radical (unpaired) electrons. The summed E-state index contributed by atoms with van der Waals surface area (Å²) in [5, 5.41) is 0.208. The molecule has 2 rings (SSSR count). The number of fused-ring (bicyclic) bond motifs is 1. The second kappa shape index (κ2) is 10.2. The Labute approximate surface area is 186 Å². The van der Waals surface area contributed by atoms with Crippen molar-refractivity contribution in [3.63, 3.8) is 0 Å². The summed E-state index contributed by atoms with van der Waals surface area (Å²) >= 11 is 4.03. The molecule has 0 saturated carbocycles. The first-order chi connectivity index (χ1) is 13.2. The molecule has 0 bridgehead atoms. The number of hydrogen-bond donors (Lipinski definition) is 0. The van der Waals surface area contributed by atoms with Gasteiger partial charge in [0.15, 0.2) is 5.78 Å². The van der Waals surface area contributed by atoms with Gasteiger partial charge in [0.25, 0.3) is 0 Å². The van der Waals surface area contributed by atoms with Crippen molar-refractivity contribution in [2.45, 2.75) is 44.5 Å². The zero-order valence-corrected chi connectivity index (χ0v) is 20.1. The monoisotopic (exact) mass is 514 g/mol. The SMILES string of the molecule is C=CC(/C=C(\C)OC)CC(=O)c1ccc2c(c1)C(SB(I)OC)CC(C)(C)O2. The van der Waals surface area contributed by atoms with Gasteiger partial charge in [-0.25, -0.2) is 0 Å². The summed E-state index contributed by atoms with van der Waals surface area (Å²) in [6, 6.07) is 5.76. The molecular weight excluding hydrogens is 486 g/mol. The van der Waals surface area contributed by atoms with Crippen LogP contribution < -0.4 is 4.74 Å². The molecule has 1 aliphatic rings. The highest BCUT2D eigenvalue weighted by atomic mass is 127. The predicted molar refractivity (Wildman–Crippen MR) is 126 cm³/mol. The second-order valence-corrected chi connectivity index (χ2v) is 10.7. The number of Topliss-reactive ketones (excluding diaryl/α,β-unsaturated/α-hetero) is 1. The smallest absolute Gasteiger partial charge is 0.435 e. The van der Waals surface area contributed by atoms with Crippen molar-refractivity contribution in [3.05, 3.63) is 53.8 Å². The maximum absolute atomic E-state index is 12.9. The van der Waals surface area contributed by atoms with E-state index in [0.29, 0.717) is 12.0 Å². The van der Waals surface area contributed by atoms with Gasteiger partial charge in [-0.2, -0.15) is 11.6 Å². The van der Waals surface area contributed by atoms with Crippen LogP contribution in [0.4, 0.5) is 0 Å². The van der Waals surface area contributed by atoms with E-state index < -0.39 is 0 Å². The Kier molecular flexibility index (Phi) is 8.51. The van der Waals surface area contributed by atoms with E-state index in [0.717, 1.165) is 23.5 Å².